The van der Waals surface area contributed by atoms with Crippen molar-refractivity contribution in [2.75, 3.05) is 5.73 Å². The quantitative estimate of drug-likeness (QED) is 0.572. The number of nitrogens with zero attached hydrogens (tertiary/aromatic N) is 1. The molecule has 0 aliphatic rings. The van der Waals surface area contributed by atoms with Gasteiger partial charge in [0.25, 0.3) is 5.56 Å². The van der Waals surface area contributed by atoms with Gasteiger partial charge in [-0.2, -0.15) is 0 Å². The van der Waals surface area contributed by atoms with E-state index in [4.69, 9.17) is 5.73 Å². The molecule has 1 aromatic heterocycles. The summed E-state index contributed by atoms with van der Waals surface area (Å²) in [5.74, 6) is 0.517. The van der Waals surface area contributed by atoms with Gasteiger partial charge in [0.05, 0.1) is 11.0 Å². The van der Waals surface area contributed by atoms with Gasteiger partial charge in [-0.3, -0.25) is 4.79 Å². The molecule has 0 bridgehead atoms. The summed E-state index contributed by atoms with van der Waals surface area (Å²) in [6.45, 7) is 0. The molecule has 0 aliphatic heterocycles. The van der Waals surface area contributed by atoms with E-state index in [1.54, 1.807) is 11.8 Å². The van der Waals surface area contributed by atoms with Crippen LogP contribution in [0.15, 0.2) is 58.2 Å². The maximum Gasteiger partial charge on any atom is 0.271 e. The minimum Gasteiger partial charge on any atom is -0.399 e. The zero-order chi connectivity index (χ0) is 13.9. The first-order chi connectivity index (χ1) is 9.72. The lowest BCUT2D eigenvalue weighted by molar-refractivity contribution is 1.10. The molecule has 2 aromatic carbocycles. The summed E-state index contributed by atoms with van der Waals surface area (Å²) in [5, 5.41) is 0. The zero-order valence-corrected chi connectivity index (χ0v) is 11.5. The number of hydrogen-bond donors (Lipinski definition) is 2. The molecular weight excluding hydrogens is 270 g/mol. The Morgan fingerprint density at radius 3 is 2.85 bits per heavy atom. The first-order valence-corrected chi connectivity index (χ1v) is 7.17. The topological polar surface area (TPSA) is 71.8 Å². The molecular formula is C15H13N3OS. The molecule has 0 aliphatic carbocycles. The van der Waals surface area contributed by atoms with Crippen LogP contribution in [0.3, 0.4) is 0 Å². The number of hydrogen-bond acceptors (Lipinski definition) is 4. The number of para-hydroxylation sites is 2. The van der Waals surface area contributed by atoms with E-state index in [-0.39, 0.29) is 5.56 Å². The highest BCUT2D eigenvalue weighted by molar-refractivity contribution is 7.98. The number of H-pyrrole nitrogens is 1. The predicted molar refractivity (Wildman–Crippen MR) is 82.8 cm³/mol. The molecule has 0 atom stereocenters. The minimum absolute atomic E-state index is 0.139. The van der Waals surface area contributed by atoms with E-state index < -0.39 is 0 Å². The monoisotopic (exact) mass is 283 g/mol. The fourth-order valence-electron chi connectivity index (χ4n) is 1.92. The normalized spacial score (nSPS) is 10.8. The van der Waals surface area contributed by atoms with Crippen LogP contribution in [0.25, 0.3) is 11.0 Å². The summed E-state index contributed by atoms with van der Waals surface area (Å²) >= 11 is 1.55. The van der Waals surface area contributed by atoms with Gasteiger partial charge in [-0.25, -0.2) is 4.98 Å². The Labute approximate surface area is 120 Å². The Hall–Kier alpha value is -2.27. The van der Waals surface area contributed by atoms with E-state index >= 15 is 0 Å². The molecule has 0 saturated carbocycles. The van der Waals surface area contributed by atoms with E-state index in [0.717, 1.165) is 21.6 Å². The number of rotatable bonds is 3. The standard InChI is InChI=1S/C15H13N3OS/c16-10-4-3-5-11(8-10)20-9-14-15(19)18-13-7-2-1-6-12(13)17-14/h1-8H,9,16H2,(H,18,19). The van der Waals surface area contributed by atoms with Crippen LogP contribution in [0.5, 0.6) is 0 Å². The van der Waals surface area contributed by atoms with Gasteiger partial charge in [0.15, 0.2) is 0 Å². The van der Waals surface area contributed by atoms with Crippen LogP contribution in [-0.4, -0.2) is 9.97 Å². The molecule has 0 unspecified atom stereocenters. The summed E-state index contributed by atoms with van der Waals surface area (Å²) in [7, 11) is 0. The van der Waals surface area contributed by atoms with Gasteiger partial charge in [0.1, 0.15) is 5.69 Å². The van der Waals surface area contributed by atoms with E-state index in [2.05, 4.69) is 9.97 Å². The lowest BCUT2D eigenvalue weighted by Gasteiger charge is -2.03. The number of nitrogen functional groups attached to an aromatic ring is 1. The Bertz CT molecular complexity index is 813. The molecule has 20 heavy (non-hydrogen) atoms. The van der Waals surface area contributed by atoms with Crippen molar-refractivity contribution >= 4 is 28.5 Å². The van der Waals surface area contributed by atoms with E-state index in [0.29, 0.717) is 11.4 Å². The molecule has 4 nitrogen and oxygen atoms in total. The van der Waals surface area contributed by atoms with Gasteiger partial charge in [-0.15, -0.1) is 11.8 Å². The molecule has 100 valence electrons. The first kappa shape index (κ1) is 12.7. The smallest absolute Gasteiger partial charge is 0.271 e. The third-order valence-corrected chi connectivity index (χ3v) is 3.91. The zero-order valence-electron chi connectivity index (χ0n) is 10.7. The molecule has 5 heteroatoms. The van der Waals surface area contributed by atoms with Crippen molar-refractivity contribution in [2.24, 2.45) is 0 Å². The van der Waals surface area contributed by atoms with Crippen LogP contribution in [0.2, 0.25) is 0 Å². The SMILES string of the molecule is Nc1cccc(SCc2nc3ccccc3[nH]c2=O)c1. The average Bonchev–Trinajstić information content (AvgIpc) is 2.45. The molecule has 3 rings (SSSR count). The van der Waals surface area contributed by atoms with Crippen molar-refractivity contribution in [3.05, 3.63) is 64.6 Å². The third-order valence-electron chi connectivity index (χ3n) is 2.90. The van der Waals surface area contributed by atoms with Crippen LogP contribution in [0.1, 0.15) is 5.69 Å². The number of benzene rings is 2. The summed E-state index contributed by atoms with van der Waals surface area (Å²) in [5.41, 5.74) is 8.40. The van der Waals surface area contributed by atoms with Crippen molar-refractivity contribution in [3.63, 3.8) is 0 Å². The second-order valence-electron chi connectivity index (χ2n) is 4.39. The van der Waals surface area contributed by atoms with Gasteiger partial charge in [-0.05, 0) is 30.3 Å². The molecule has 0 radical (unpaired) electrons. The Morgan fingerprint density at radius 1 is 1.15 bits per heavy atom. The fraction of sp³-hybridized carbons (Fsp3) is 0.0667. The number of aromatic amines is 1. The van der Waals surface area contributed by atoms with Crippen LogP contribution in [0, 0.1) is 0 Å². The van der Waals surface area contributed by atoms with Crippen LogP contribution >= 0.6 is 11.8 Å². The number of aromatic nitrogens is 2. The molecule has 3 aromatic rings. The lowest BCUT2D eigenvalue weighted by Crippen LogP contribution is -2.14. The molecule has 0 spiro atoms. The highest BCUT2D eigenvalue weighted by atomic mass is 32.2. The maximum atomic E-state index is 12.0. The second-order valence-corrected chi connectivity index (χ2v) is 5.44. The Kier molecular flexibility index (Phi) is 3.43. The Morgan fingerprint density at radius 2 is 2.00 bits per heavy atom. The van der Waals surface area contributed by atoms with Crippen molar-refractivity contribution in [2.45, 2.75) is 10.6 Å². The van der Waals surface area contributed by atoms with Gasteiger partial charge in [-0.1, -0.05) is 18.2 Å². The maximum absolute atomic E-state index is 12.0. The first-order valence-electron chi connectivity index (χ1n) is 6.19. The number of nitrogens with two attached hydrogens (primary N) is 1. The molecule has 0 saturated heterocycles. The number of nitrogens with one attached hydrogen (secondary N) is 1. The third kappa shape index (κ3) is 2.67. The van der Waals surface area contributed by atoms with Gasteiger partial charge >= 0.3 is 0 Å². The van der Waals surface area contributed by atoms with Crippen molar-refractivity contribution < 1.29 is 0 Å². The van der Waals surface area contributed by atoms with Crippen LogP contribution in [-0.2, 0) is 5.75 Å². The summed E-state index contributed by atoms with van der Waals surface area (Å²) < 4.78 is 0. The van der Waals surface area contributed by atoms with E-state index in [1.165, 1.54) is 0 Å². The molecule has 3 N–H and O–H groups in total. The van der Waals surface area contributed by atoms with Gasteiger partial charge < -0.3 is 10.7 Å². The number of thioether (sulfide) groups is 1. The summed E-state index contributed by atoms with van der Waals surface area (Å²) in [6, 6.07) is 15.1. The van der Waals surface area contributed by atoms with Crippen LogP contribution < -0.4 is 11.3 Å². The highest BCUT2D eigenvalue weighted by Gasteiger charge is 2.05. The molecule has 1 heterocycles. The van der Waals surface area contributed by atoms with Crippen LogP contribution in [0.4, 0.5) is 5.69 Å². The van der Waals surface area contributed by atoms with E-state index in [9.17, 15) is 4.79 Å². The Balaban J connectivity index is 1.87. The van der Waals surface area contributed by atoms with Crippen molar-refractivity contribution in [1.82, 2.24) is 9.97 Å². The lowest BCUT2D eigenvalue weighted by atomic mass is 10.3. The molecule has 0 amide bonds. The van der Waals surface area contributed by atoms with Crippen molar-refractivity contribution in [3.8, 4) is 0 Å². The average molecular weight is 283 g/mol. The highest BCUT2D eigenvalue weighted by Crippen LogP contribution is 2.23. The largest absolute Gasteiger partial charge is 0.399 e. The van der Waals surface area contributed by atoms with Crippen molar-refractivity contribution in [1.29, 1.82) is 0 Å². The predicted octanol–water partition coefficient (Wildman–Crippen LogP) is 2.80. The molecule has 0 fully saturated rings. The number of anilines is 1. The second kappa shape index (κ2) is 5.38. The van der Waals surface area contributed by atoms with Gasteiger partial charge in [0.2, 0.25) is 0 Å². The van der Waals surface area contributed by atoms with Gasteiger partial charge in [0, 0.05) is 16.3 Å². The minimum atomic E-state index is -0.139. The van der Waals surface area contributed by atoms with E-state index in [1.807, 2.05) is 48.5 Å². The summed E-state index contributed by atoms with van der Waals surface area (Å²) in [4.78, 5) is 20.3. The fourth-order valence-corrected chi connectivity index (χ4v) is 2.81. The number of fused-ring (bicyclic) bond motifs is 1. The summed E-state index contributed by atoms with van der Waals surface area (Å²) in [6.07, 6.45) is 0.